The molecule has 1 fully saturated rings. The van der Waals surface area contributed by atoms with Crippen molar-refractivity contribution >= 4 is 44.0 Å². The maximum absolute atomic E-state index is 10.7. The topological polar surface area (TPSA) is 140 Å². The lowest BCUT2D eigenvalue weighted by Crippen LogP contribution is -2.34. The number of nitrogen functional groups attached to an aromatic ring is 1. The summed E-state index contributed by atoms with van der Waals surface area (Å²) in [5.74, 6) is 1.63. The largest absolute Gasteiger partial charge is 0.491 e. The number of fused-ring (bicyclic) bond motifs is 2. The van der Waals surface area contributed by atoms with Crippen LogP contribution in [0.15, 0.2) is 47.2 Å². The van der Waals surface area contributed by atoms with E-state index in [0.717, 1.165) is 16.7 Å². The molecule has 0 unspecified atom stereocenters. The molecule has 1 aliphatic heterocycles. The Labute approximate surface area is 191 Å². The van der Waals surface area contributed by atoms with Gasteiger partial charge in [-0.25, -0.2) is 14.5 Å². The zero-order chi connectivity index (χ0) is 22.4. The number of ether oxygens (including phenoxy) is 2. The summed E-state index contributed by atoms with van der Waals surface area (Å²) in [6.07, 6.45) is -2.54. The number of nitrogens with two attached hydrogens (primary N) is 1. The number of aliphatic hydroxyl groups is 2. The Morgan fingerprint density at radius 1 is 1.22 bits per heavy atom. The molecule has 0 spiro atoms. The van der Waals surface area contributed by atoms with Crippen LogP contribution in [-0.4, -0.2) is 61.8 Å². The van der Waals surface area contributed by atoms with Crippen LogP contribution in [0.1, 0.15) is 11.8 Å². The van der Waals surface area contributed by atoms with Gasteiger partial charge in [0.15, 0.2) is 5.82 Å². The number of nitrogens with zero attached hydrogens (tertiary/aromatic N) is 4. The molecule has 5 rings (SSSR count). The summed E-state index contributed by atoms with van der Waals surface area (Å²) in [6, 6.07) is 11.2. The number of hydrogen-bond donors (Lipinski definition) is 4. The Morgan fingerprint density at radius 2 is 2.03 bits per heavy atom. The van der Waals surface area contributed by atoms with Crippen molar-refractivity contribution in [1.29, 1.82) is 0 Å². The van der Waals surface area contributed by atoms with Crippen LogP contribution < -0.4 is 15.8 Å². The van der Waals surface area contributed by atoms with Gasteiger partial charge in [-0.1, -0.05) is 0 Å². The Hall–Kier alpha value is -2.99. The molecule has 3 aromatic heterocycles. The summed E-state index contributed by atoms with van der Waals surface area (Å²) in [5, 5.41) is 29.5. The maximum atomic E-state index is 10.7. The second-order valence-electron chi connectivity index (χ2n) is 7.51. The molecule has 0 amide bonds. The molecule has 1 aromatic carbocycles. The molecule has 4 heterocycles. The quantitative estimate of drug-likeness (QED) is 0.323. The van der Waals surface area contributed by atoms with Gasteiger partial charge in [-0.3, -0.25) is 0 Å². The van der Waals surface area contributed by atoms with Crippen LogP contribution in [0.3, 0.4) is 0 Å². The van der Waals surface area contributed by atoms with E-state index in [2.05, 4.69) is 36.3 Å². The molecule has 1 saturated heterocycles. The highest BCUT2D eigenvalue weighted by Crippen LogP contribution is 2.37. The number of aromatic nitrogens is 4. The Kier molecular flexibility index (Phi) is 5.33. The van der Waals surface area contributed by atoms with Gasteiger partial charge in [-0.05, 0) is 46.3 Å². The van der Waals surface area contributed by atoms with Gasteiger partial charge in [0, 0.05) is 23.0 Å². The van der Waals surface area contributed by atoms with Gasteiger partial charge in [0.1, 0.15) is 54.4 Å². The van der Waals surface area contributed by atoms with E-state index in [1.807, 2.05) is 37.4 Å². The molecule has 166 valence electrons. The van der Waals surface area contributed by atoms with Crippen molar-refractivity contribution in [2.45, 2.75) is 24.4 Å². The number of anilines is 2. The summed E-state index contributed by atoms with van der Waals surface area (Å²) < 4.78 is 14.1. The smallest absolute Gasteiger partial charge is 0.152 e. The van der Waals surface area contributed by atoms with Crippen LogP contribution in [0, 0.1) is 0 Å². The summed E-state index contributed by atoms with van der Waals surface area (Å²) in [7, 11) is 1.81. The zero-order valence-electron chi connectivity index (χ0n) is 17.0. The second kappa shape index (κ2) is 8.17. The highest BCUT2D eigenvalue weighted by Gasteiger charge is 2.45. The van der Waals surface area contributed by atoms with E-state index in [1.165, 1.54) is 6.33 Å². The molecule has 10 nitrogen and oxygen atoms in total. The van der Waals surface area contributed by atoms with Crippen molar-refractivity contribution in [3.8, 4) is 5.75 Å². The van der Waals surface area contributed by atoms with Crippen LogP contribution in [-0.2, 0) is 4.74 Å². The van der Waals surface area contributed by atoms with E-state index < -0.39 is 24.4 Å². The predicted molar refractivity (Wildman–Crippen MR) is 122 cm³/mol. The number of hydrogen-bond acceptors (Lipinski definition) is 9. The summed E-state index contributed by atoms with van der Waals surface area (Å²) in [4.78, 5) is 8.50. The van der Waals surface area contributed by atoms with Crippen LogP contribution >= 0.6 is 15.9 Å². The Bertz CT molecular complexity index is 1300. The predicted octanol–water partition coefficient (Wildman–Crippen LogP) is 1.90. The fourth-order valence-electron chi connectivity index (χ4n) is 3.88. The van der Waals surface area contributed by atoms with Gasteiger partial charge in [-0.15, -0.1) is 0 Å². The zero-order valence-corrected chi connectivity index (χ0v) is 18.6. The molecule has 5 N–H and O–H groups in total. The fourth-order valence-corrected chi connectivity index (χ4v) is 4.49. The maximum Gasteiger partial charge on any atom is 0.152 e. The molecular formula is C21H21BrN6O4. The lowest BCUT2D eigenvalue weighted by molar-refractivity contribution is -0.0187. The minimum Gasteiger partial charge on any atom is -0.491 e. The van der Waals surface area contributed by atoms with Crippen LogP contribution in [0.5, 0.6) is 5.75 Å². The van der Waals surface area contributed by atoms with E-state index in [-0.39, 0.29) is 12.4 Å². The van der Waals surface area contributed by atoms with E-state index in [9.17, 15) is 10.2 Å². The third-order valence-corrected chi connectivity index (χ3v) is 6.16. The summed E-state index contributed by atoms with van der Waals surface area (Å²) >= 11 is 3.44. The molecule has 11 heteroatoms. The lowest BCUT2D eigenvalue weighted by atomic mass is 10.1. The number of halogens is 1. The van der Waals surface area contributed by atoms with Gasteiger partial charge in [0.2, 0.25) is 0 Å². The van der Waals surface area contributed by atoms with Crippen LogP contribution in [0.4, 0.5) is 11.6 Å². The van der Waals surface area contributed by atoms with Gasteiger partial charge in [-0.2, -0.15) is 5.10 Å². The molecule has 4 atom stereocenters. The number of pyridine rings is 1. The number of aliphatic hydroxyl groups excluding tert-OH is 2. The first-order valence-electron chi connectivity index (χ1n) is 9.97. The van der Waals surface area contributed by atoms with Gasteiger partial charge < -0.3 is 30.7 Å². The SMILES string of the molecule is CNc1ccc2ccc(OC[C@H]3O[C@@H](c4cc(Br)c5c(N)ncnn45)[C@H](O)[C@@H]3O)cc2n1. The van der Waals surface area contributed by atoms with Crippen molar-refractivity contribution in [3.05, 3.63) is 52.9 Å². The first-order valence-corrected chi connectivity index (χ1v) is 10.8. The molecule has 0 saturated carbocycles. The lowest BCUT2D eigenvalue weighted by Gasteiger charge is -2.16. The molecule has 32 heavy (non-hydrogen) atoms. The number of nitrogens with one attached hydrogen (secondary N) is 1. The molecule has 0 bridgehead atoms. The monoisotopic (exact) mass is 500 g/mol. The first-order chi connectivity index (χ1) is 15.5. The van der Waals surface area contributed by atoms with Crippen LogP contribution in [0.25, 0.3) is 16.4 Å². The number of benzene rings is 1. The van der Waals surface area contributed by atoms with Crippen LogP contribution in [0.2, 0.25) is 0 Å². The minimum absolute atomic E-state index is 0.0492. The van der Waals surface area contributed by atoms with Crippen molar-refractivity contribution in [2.75, 3.05) is 24.7 Å². The third kappa shape index (κ3) is 3.52. The standard InChI is InChI=1S/C21H21BrN6O4/c1-24-16-5-3-10-2-4-11(6-13(10)27-16)31-8-15-18(29)19(30)20(32-15)14-7-12(22)17-21(23)25-9-26-28(14)17/h2-7,9,15,18-20,29-30H,8H2,1H3,(H,24,27)(H2,23,25,26)/t15-,18-,19-,20+/m1/s1. The summed E-state index contributed by atoms with van der Waals surface area (Å²) in [6.45, 7) is 0.0492. The van der Waals surface area contributed by atoms with Crippen molar-refractivity contribution in [1.82, 2.24) is 19.6 Å². The summed E-state index contributed by atoms with van der Waals surface area (Å²) in [5.41, 5.74) is 7.84. The van der Waals surface area contributed by atoms with Crippen molar-refractivity contribution in [3.63, 3.8) is 0 Å². The molecule has 1 aliphatic rings. The van der Waals surface area contributed by atoms with Gasteiger partial charge in [0.25, 0.3) is 0 Å². The minimum atomic E-state index is -1.17. The first kappa shape index (κ1) is 20.9. The van der Waals surface area contributed by atoms with E-state index in [0.29, 0.717) is 21.4 Å². The molecular weight excluding hydrogens is 480 g/mol. The number of rotatable bonds is 5. The fraction of sp³-hybridized carbons (Fsp3) is 0.286. The van der Waals surface area contributed by atoms with Crippen molar-refractivity contribution in [2.24, 2.45) is 0 Å². The molecule has 0 aliphatic carbocycles. The van der Waals surface area contributed by atoms with E-state index in [1.54, 1.807) is 10.6 Å². The van der Waals surface area contributed by atoms with Gasteiger partial charge >= 0.3 is 0 Å². The molecule has 0 radical (unpaired) electrons. The second-order valence-corrected chi connectivity index (χ2v) is 8.37. The highest BCUT2D eigenvalue weighted by molar-refractivity contribution is 9.10. The normalized spacial score (nSPS) is 23.1. The average molecular weight is 501 g/mol. The van der Waals surface area contributed by atoms with Crippen molar-refractivity contribution < 1.29 is 19.7 Å². The highest BCUT2D eigenvalue weighted by atomic mass is 79.9. The Morgan fingerprint density at radius 3 is 2.84 bits per heavy atom. The Balaban J connectivity index is 1.35. The molecule has 4 aromatic rings. The van der Waals surface area contributed by atoms with Gasteiger partial charge in [0.05, 0.1) is 11.2 Å². The average Bonchev–Trinajstić information content (AvgIpc) is 3.28. The third-order valence-electron chi connectivity index (χ3n) is 5.55. The van der Waals surface area contributed by atoms with E-state index in [4.69, 9.17) is 15.2 Å². The van der Waals surface area contributed by atoms with E-state index >= 15 is 0 Å².